The lowest BCUT2D eigenvalue weighted by Crippen LogP contribution is -2.42. The summed E-state index contributed by atoms with van der Waals surface area (Å²) in [6.45, 7) is 0.684. The van der Waals surface area contributed by atoms with Gasteiger partial charge in [-0.3, -0.25) is 9.55 Å². The summed E-state index contributed by atoms with van der Waals surface area (Å²) in [6.07, 6.45) is -2.35. The Morgan fingerprint density at radius 1 is 1.12 bits per heavy atom. The second-order valence-corrected chi connectivity index (χ2v) is 9.00. The lowest BCUT2D eigenvalue weighted by Gasteiger charge is -2.17. The van der Waals surface area contributed by atoms with E-state index < -0.39 is 33.0 Å². The molecule has 3 aromatic heterocycles. The topological polar surface area (TPSA) is 101 Å². The predicted molar refractivity (Wildman–Crippen MR) is 115 cm³/mol. The van der Waals surface area contributed by atoms with Gasteiger partial charge in [0.05, 0.1) is 22.5 Å². The van der Waals surface area contributed by atoms with Crippen molar-refractivity contribution in [1.29, 1.82) is 5.26 Å². The normalized spacial score (nSPS) is 13.1. The maximum absolute atomic E-state index is 14.0. The van der Waals surface area contributed by atoms with Crippen molar-refractivity contribution in [2.45, 2.75) is 24.0 Å². The van der Waals surface area contributed by atoms with Gasteiger partial charge in [0.15, 0.2) is 0 Å². The number of halogens is 4. The maximum Gasteiger partial charge on any atom is 0.404 e. The van der Waals surface area contributed by atoms with Gasteiger partial charge in [0.2, 0.25) is 10.0 Å². The van der Waals surface area contributed by atoms with Crippen molar-refractivity contribution in [3.63, 3.8) is 0 Å². The van der Waals surface area contributed by atoms with Gasteiger partial charge in [0, 0.05) is 17.8 Å². The van der Waals surface area contributed by atoms with Crippen molar-refractivity contribution in [2.24, 2.45) is 0 Å². The molecular formula is C22H15F4N5O2S. The number of nitrogens with zero attached hydrogens (tertiary/aromatic N) is 4. The van der Waals surface area contributed by atoms with Crippen molar-refractivity contribution < 1.29 is 26.0 Å². The molecule has 0 fully saturated rings. The summed E-state index contributed by atoms with van der Waals surface area (Å²) in [5.41, 5.74) is 0.905. The fourth-order valence-electron chi connectivity index (χ4n) is 3.39. The van der Waals surface area contributed by atoms with Gasteiger partial charge < -0.3 is 0 Å². The molecule has 0 aliphatic heterocycles. The SMILES string of the molecule is C[C@H](NS(=O)(=O)c1ccc(-c2c(C#N)c3cc(F)ccc3n2-c2ccccn2)nc1)C(F)(F)F. The number of alkyl halides is 3. The van der Waals surface area contributed by atoms with Crippen molar-refractivity contribution in [2.75, 3.05) is 0 Å². The summed E-state index contributed by atoms with van der Waals surface area (Å²) >= 11 is 0. The lowest BCUT2D eigenvalue weighted by molar-refractivity contribution is -0.147. The van der Waals surface area contributed by atoms with Gasteiger partial charge in [-0.05, 0) is 49.4 Å². The van der Waals surface area contributed by atoms with E-state index in [9.17, 15) is 31.2 Å². The first kappa shape index (κ1) is 23.3. The van der Waals surface area contributed by atoms with E-state index in [-0.39, 0.29) is 17.0 Å². The van der Waals surface area contributed by atoms with Crippen LogP contribution in [0.25, 0.3) is 28.1 Å². The molecule has 0 aliphatic carbocycles. The number of nitriles is 1. The highest BCUT2D eigenvalue weighted by Gasteiger charge is 2.39. The number of nitrogens with one attached hydrogen (secondary N) is 1. The molecule has 0 unspecified atom stereocenters. The number of hydrogen-bond donors (Lipinski definition) is 1. The minimum atomic E-state index is -4.76. The third-order valence-corrected chi connectivity index (χ3v) is 6.56. The zero-order chi connectivity index (χ0) is 24.7. The van der Waals surface area contributed by atoms with E-state index in [4.69, 9.17) is 0 Å². The van der Waals surface area contributed by atoms with Crippen LogP contribution in [0.5, 0.6) is 0 Å². The average molecular weight is 489 g/mol. The third-order valence-electron chi connectivity index (χ3n) is 5.03. The summed E-state index contributed by atoms with van der Waals surface area (Å²) in [5.74, 6) is -0.164. The summed E-state index contributed by atoms with van der Waals surface area (Å²) < 4.78 is 80.2. The van der Waals surface area contributed by atoms with E-state index in [1.54, 1.807) is 27.5 Å². The number of rotatable bonds is 5. The van der Waals surface area contributed by atoms with Crippen molar-refractivity contribution in [1.82, 2.24) is 19.3 Å². The summed E-state index contributed by atoms with van der Waals surface area (Å²) in [4.78, 5) is 7.90. The molecule has 1 atom stereocenters. The molecule has 0 spiro atoms. The van der Waals surface area contributed by atoms with Crippen molar-refractivity contribution >= 4 is 20.9 Å². The quantitative estimate of drug-likeness (QED) is 0.421. The van der Waals surface area contributed by atoms with E-state index in [0.29, 0.717) is 23.6 Å². The molecule has 0 saturated carbocycles. The van der Waals surface area contributed by atoms with E-state index in [1.807, 2.05) is 6.07 Å². The summed E-state index contributed by atoms with van der Waals surface area (Å²) in [6, 6.07) is 11.0. The first-order valence-corrected chi connectivity index (χ1v) is 11.2. The van der Waals surface area contributed by atoms with E-state index in [0.717, 1.165) is 12.3 Å². The second-order valence-electron chi connectivity index (χ2n) is 7.28. The molecule has 3 heterocycles. The molecule has 0 aliphatic rings. The Morgan fingerprint density at radius 2 is 1.88 bits per heavy atom. The molecule has 0 saturated heterocycles. The highest BCUT2D eigenvalue weighted by atomic mass is 32.2. The molecule has 7 nitrogen and oxygen atoms in total. The Balaban J connectivity index is 1.87. The first-order chi connectivity index (χ1) is 16.0. The average Bonchev–Trinajstić information content (AvgIpc) is 3.12. The van der Waals surface area contributed by atoms with Crippen LogP contribution in [0.15, 0.2) is 65.8 Å². The molecule has 12 heteroatoms. The second kappa shape index (κ2) is 8.51. The molecule has 4 rings (SSSR count). The van der Waals surface area contributed by atoms with Crippen LogP contribution in [0, 0.1) is 17.1 Å². The number of aromatic nitrogens is 3. The van der Waals surface area contributed by atoms with Crippen LogP contribution in [0.1, 0.15) is 12.5 Å². The monoisotopic (exact) mass is 489 g/mol. The van der Waals surface area contributed by atoms with Crippen LogP contribution < -0.4 is 4.72 Å². The molecular weight excluding hydrogens is 474 g/mol. The Bertz CT molecular complexity index is 1510. The van der Waals surface area contributed by atoms with Gasteiger partial charge in [-0.2, -0.15) is 23.2 Å². The summed E-state index contributed by atoms with van der Waals surface area (Å²) in [5, 5.41) is 10.1. The van der Waals surface area contributed by atoms with Gasteiger partial charge in [-0.25, -0.2) is 17.8 Å². The van der Waals surface area contributed by atoms with Crippen LogP contribution in [-0.2, 0) is 10.0 Å². The highest BCUT2D eigenvalue weighted by molar-refractivity contribution is 7.89. The molecule has 0 radical (unpaired) electrons. The Morgan fingerprint density at radius 3 is 2.47 bits per heavy atom. The number of benzene rings is 1. The maximum atomic E-state index is 14.0. The van der Waals surface area contributed by atoms with Crippen molar-refractivity contribution in [3.05, 3.63) is 72.3 Å². The van der Waals surface area contributed by atoms with Gasteiger partial charge in [-0.1, -0.05) is 6.07 Å². The van der Waals surface area contributed by atoms with Gasteiger partial charge in [-0.15, -0.1) is 0 Å². The minimum Gasteiger partial charge on any atom is -0.291 e. The standard InChI is InChI=1S/C22H15F4N5O2S/c1-13(22(24,25)26)30-34(32,33)15-6-7-18(29-12-15)21-17(11-27)16-10-14(23)5-8-19(16)31(21)20-4-2-3-9-28-20/h2-10,12-13,30H,1H3/t13-/m0/s1. The summed E-state index contributed by atoms with van der Waals surface area (Å²) in [7, 11) is -4.52. The van der Waals surface area contributed by atoms with Gasteiger partial charge in [0.1, 0.15) is 28.6 Å². The number of sulfonamides is 1. The van der Waals surface area contributed by atoms with Gasteiger partial charge >= 0.3 is 6.18 Å². The number of fused-ring (bicyclic) bond motifs is 1. The zero-order valence-electron chi connectivity index (χ0n) is 17.4. The minimum absolute atomic E-state index is 0.0760. The Labute approximate surface area is 191 Å². The Kier molecular flexibility index (Phi) is 5.84. The fraction of sp³-hybridized carbons (Fsp3) is 0.136. The van der Waals surface area contributed by atoms with Crippen LogP contribution in [0.4, 0.5) is 17.6 Å². The third kappa shape index (κ3) is 4.23. The zero-order valence-corrected chi connectivity index (χ0v) is 18.2. The highest BCUT2D eigenvalue weighted by Crippen LogP contribution is 2.35. The molecule has 0 bridgehead atoms. The van der Waals surface area contributed by atoms with E-state index in [1.165, 1.54) is 30.5 Å². The largest absolute Gasteiger partial charge is 0.404 e. The number of hydrogen-bond acceptors (Lipinski definition) is 5. The van der Waals surface area contributed by atoms with Crippen LogP contribution in [0.2, 0.25) is 0 Å². The smallest absolute Gasteiger partial charge is 0.291 e. The van der Waals surface area contributed by atoms with Crippen LogP contribution >= 0.6 is 0 Å². The number of pyridine rings is 2. The van der Waals surface area contributed by atoms with Crippen LogP contribution in [0.3, 0.4) is 0 Å². The Hall–Kier alpha value is -3.82. The van der Waals surface area contributed by atoms with Crippen LogP contribution in [-0.4, -0.2) is 35.2 Å². The fourth-order valence-corrected chi connectivity index (χ4v) is 4.56. The lowest BCUT2D eigenvalue weighted by atomic mass is 10.1. The molecule has 4 aromatic rings. The molecule has 1 aromatic carbocycles. The van der Waals surface area contributed by atoms with E-state index in [2.05, 4.69) is 9.97 Å². The molecule has 34 heavy (non-hydrogen) atoms. The molecule has 1 N–H and O–H groups in total. The first-order valence-electron chi connectivity index (χ1n) is 9.74. The van der Waals surface area contributed by atoms with Gasteiger partial charge in [0.25, 0.3) is 0 Å². The molecule has 174 valence electrons. The van der Waals surface area contributed by atoms with Crippen molar-refractivity contribution in [3.8, 4) is 23.3 Å². The van der Waals surface area contributed by atoms with E-state index >= 15 is 0 Å². The molecule has 0 amide bonds. The predicted octanol–water partition coefficient (Wildman–Crippen LogP) is 4.33.